The van der Waals surface area contributed by atoms with Crippen molar-refractivity contribution in [2.75, 3.05) is 11.4 Å². The minimum atomic E-state index is 0.0866. The molecule has 116 valence electrons. The molecule has 0 aromatic heterocycles. The van der Waals surface area contributed by atoms with Gasteiger partial charge in [-0.3, -0.25) is 5.43 Å². The first-order valence-corrected chi connectivity index (χ1v) is 8.24. The van der Waals surface area contributed by atoms with Crippen LogP contribution in [0.1, 0.15) is 17.3 Å². The van der Waals surface area contributed by atoms with Gasteiger partial charge in [-0.1, -0.05) is 72.8 Å². The Bertz CT molecular complexity index is 931. The van der Waals surface area contributed by atoms with E-state index in [2.05, 4.69) is 88.2 Å². The van der Waals surface area contributed by atoms with Gasteiger partial charge in [0.25, 0.3) is 0 Å². The summed E-state index contributed by atoms with van der Waals surface area (Å²) in [5, 5.41) is 4.68. The number of benzene rings is 3. The summed E-state index contributed by atoms with van der Waals surface area (Å²) >= 11 is 0. The molecule has 0 saturated carbocycles. The van der Waals surface area contributed by atoms with Crippen molar-refractivity contribution in [1.82, 2.24) is 5.43 Å². The Morgan fingerprint density at radius 2 is 1.50 bits per heavy atom. The number of nitrogens with one attached hydrogen (secondary N) is 1. The molecule has 3 nitrogen and oxygen atoms in total. The highest BCUT2D eigenvalue weighted by Gasteiger charge is 2.33. The molecule has 2 heterocycles. The van der Waals surface area contributed by atoms with Crippen molar-refractivity contribution in [3.8, 4) is 11.1 Å². The van der Waals surface area contributed by atoms with Crippen LogP contribution in [-0.4, -0.2) is 12.3 Å². The maximum absolute atomic E-state index is 4.68. The maximum atomic E-state index is 4.68. The van der Waals surface area contributed by atoms with Crippen LogP contribution < -0.4 is 10.3 Å². The Morgan fingerprint density at radius 3 is 2.38 bits per heavy atom. The van der Waals surface area contributed by atoms with Gasteiger partial charge in [0, 0.05) is 16.8 Å². The van der Waals surface area contributed by atoms with Crippen LogP contribution in [0.2, 0.25) is 0 Å². The van der Waals surface area contributed by atoms with Crippen molar-refractivity contribution in [3.63, 3.8) is 0 Å². The molecular weight excluding hydrogens is 294 g/mol. The molecule has 2 aliphatic heterocycles. The molecule has 0 unspecified atom stereocenters. The average Bonchev–Trinajstić information content (AvgIpc) is 2.68. The first-order chi connectivity index (χ1) is 11.9. The summed E-state index contributed by atoms with van der Waals surface area (Å²) in [7, 11) is 0. The van der Waals surface area contributed by atoms with Crippen LogP contribution in [-0.2, 0) is 0 Å². The van der Waals surface area contributed by atoms with E-state index >= 15 is 0 Å². The summed E-state index contributed by atoms with van der Waals surface area (Å²) in [4.78, 5) is 2.41. The third-order valence-corrected chi connectivity index (χ3v) is 4.82. The molecule has 5 rings (SSSR count). The van der Waals surface area contributed by atoms with Crippen molar-refractivity contribution < 1.29 is 0 Å². The molecule has 1 N–H and O–H groups in total. The van der Waals surface area contributed by atoms with Crippen molar-refractivity contribution in [1.29, 1.82) is 0 Å². The average molecular weight is 311 g/mol. The predicted octanol–water partition coefficient (Wildman–Crippen LogP) is 4.18. The molecule has 0 saturated heterocycles. The second-order valence-electron chi connectivity index (χ2n) is 6.19. The highest BCUT2D eigenvalue weighted by molar-refractivity contribution is 6.05. The summed E-state index contributed by atoms with van der Waals surface area (Å²) in [5.41, 5.74) is 10.7. The lowest BCUT2D eigenvalue weighted by Gasteiger charge is -2.42. The van der Waals surface area contributed by atoms with Gasteiger partial charge in [-0.05, 0) is 17.2 Å². The molecular formula is C21H17N3. The molecule has 3 aromatic rings. The van der Waals surface area contributed by atoms with E-state index in [4.69, 9.17) is 0 Å². The van der Waals surface area contributed by atoms with Crippen molar-refractivity contribution in [2.45, 2.75) is 6.17 Å². The fourth-order valence-electron chi connectivity index (χ4n) is 3.68. The molecule has 3 aromatic carbocycles. The number of para-hydroxylation sites is 1. The minimum absolute atomic E-state index is 0.0866. The number of hydrazone groups is 1. The number of anilines is 1. The fourth-order valence-corrected chi connectivity index (χ4v) is 3.68. The van der Waals surface area contributed by atoms with E-state index in [0.717, 1.165) is 12.3 Å². The van der Waals surface area contributed by atoms with Gasteiger partial charge in [0.2, 0.25) is 0 Å². The Kier molecular flexibility index (Phi) is 2.92. The second kappa shape index (κ2) is 5.24. The van der Waals surface area contributed by atoms with E-state index in [1.807, 2.05) is 6.07 Å². The molecule has 2 aliphatic rings. The predicted molar refractivity (Wildman–Crippen MR) is 98.1 cm³/mol. The van der Waals surface area contributed by atoms with Gasteiger partial charge in [0.1, 0.15) is 6.17 Å². The Hall–Kier alpha value is -3.07. The van der Waals surface area contributed by atoms with Crippen LogP contribution in [0.4, 0.5) is 5.69 Å². The fraction of sp³-hybridized carbons (Fsp3) is 0.0952. The molecule has 0 spiro atoms. The zero-order valence-electron chi connectivity index (χ0n) is 13.2. The van der Waals surface area contributed by atoms with Crippen LogP contribution >= 0.6 is 0 Å². The maximum Gasteiger partial charge on any atom is 0.142 e. The first-order valence-electron chi connectivity index (χ1n) is 8.24. The first kappa shape index (κ1) is 13.4. The smallest absolute Gasteiger partial charge is 0.142 e. The molecule has 0 fully saturated rings. The highest BCUT2D eigenvalue weighted by Crippen LogP contribution is 2.44. The molecule has 0 amide bonds. The van der Waals surface area contributed by atoms with Crippen molar-refractivity contribution >= 4 is 11.4 Å². The van der Waals surface area contributed by atoms with Crippen LogP contribution in [0.25, 0.3) is 11.1 Å². The molecule has 0 radical (unpaired) electrons. The Morgan fingerprint density at radius 1 is 0.792 bits per heavy atom. The normalized spacial score (nSPS) is 17.9. The Balaban J connectivity index is 1.65. The second-order valence-corrected chi connectivity index (χ2v) is 6.19. The Labute approximate surface area is 141 Å². The lowest BCUT2D eigenvalue weighted by Crippen LogP contribution is -2.46. The monoisotopic (exact) mass is 311 g/mol. The van der Waals surface area contributed by atoms with E-state index < -0.39 is 0 Å². The standard InChI is InChI=1S/C21H17N3/c1-2-8-15(9-3-1)19-14-24-20-13-7-6-11-17(20)16-10-4-5-12-18(16)21(24)23-22-19/h1-13,21,23H,14H2/t21-/m1/s1. The van der Waals surface area contributed by atoms with Crippen LogP contribution in [0.5, 0.6) is 0 Å². The van der Waals surface area contributed by atoms with Crippen LogP contribution in [0, 0.1) is 0 Å². The topological polar surface area (TPSA) is 27.6 Å². The van der Waals surface area contributed by atoms with Gasteiger partial charge < -0.3 is 4.90 Å². The van der Waals surface area contributed by atoms with E-state index in [1.54, 1.807) is 0 Å². The summed E-state index contributed by atoms with van der Waals surface area (Å²) in [6.45, 7) is 0.799. The van der Waals surface area contributed by atoms with Crippen LogP contribution in [0.3, 0.4) is 0 Å². The SMILES string of the molecule is c1ccc(C2=NN[C@H]3c4ccccc4-c4ccccc4N3C2)cc1. The van der Waals surface area contributed by atoms with Gasteiger partial charge >= 0.3 is 0 Å². The number of fused-ring (bicyclic) bond motifs is 6. The largest absolute Gasteiger partial charge is 0.340 e. The lowest BCUT2D eigenvalue weighted by molar-refractivity contribution is 0.514. The van der Waals surface area contributed by atoms with E-state index in [0.29, 0.717) is 0 Å². The number of hydrogen-bond donors (Lipinski definition) is 1. The molecule has 24 heavy (non-hydrogen) atoms. The minimum Gasteiger partial charge on any atom is -0.340 e. The summed E-state index contributed by atoms with van der Waals surface area (Å²) in [5.74, 6) is 0. The number of rotatable bonds is 1. The third-order valence-electron chi connectivity index (χ3n) is 4.82. The molecule has 0 aliphatic carbocycles. The zero-order valence-corrected chi connectivity index (χ0v) is 13.2. The summed E-state index contributed by atoms with van der Waals surface area (Å²) in [6, 6.07) is 27.6. The highest BCUT2D eigenvalue weighted by atomic mass is 15.5. The van der Waals surface area contributed by atoms with E-state index in [1.165, 1.54) is 27.9 Å². The lowest BCUT2D eigenvalue weighted by atomic mass is 9.90. The van der Waals surface area contributed by atoms with Gasteiger partial charge in [-0.15, -0.1) is 0 Å². The van der Waals surface area contributed by atoms with Gasteiger partial charge in [0.15, 0.2) is 0 Å². The quantitative estimate of drug-likeness (QED) is 0.730. The van der Waals surface area contributed by atoms with Gasteiger partial charge in [-0.25, -0.2) is 0 Å². The molecule has 0 bridgehead atoms. The molecule has 1 atom stereocenters. The third kappa shape index (κ3) is 1.95. The van der Waals surface area contributed by atoms with Crippen molar-refractivity contribution in [2.24, 2.45) is 5.10 Å². The number of hydrogen-bond acceptors (Lipinski definition) is 3. The summed E-state index contributed by atoms with van der Waals surface area (Å²) in [6.07, 6.45) is 0.0866. The van der Waals surface area contributed by atoms with E-state index in [9.17, 15) is 0 Å². The van der Waals surface area contributed by atoms with Crippen LogP contribution in [0.15, 0.2) is 84.0 Å². The number of nitrogens with zero attached hydrogens (tertiary/aromatic N) is 2. The van der Waals surface area contributed by atoms with Gasteiger partial charge in [-0.2, -0.15) is 5.10 Å². The zero-order chi connectivity index (χ0) is 15.9. The van der Waals surface area contributed by atoms with E-state index in [-0.39, 0.29) is 6.17 Å². The summed E-state index contributed by atoms with van der Waals surface area (Å²) < 4.78 is 0. The van der Waals surface area contributed by atoms with Crippen molar-refractivity contribution in [3.05, 3.63) is 90.0 Å². The van der Waals surface area contributed by atoms with Gasteiger partial charge in [0.05, 0.1) is 12.3 Å². The molecule has 3 heteroatoms.